The van der Waals surface area contributed by atoms with Gasteiger partial charge < -0.3 is 4.74 Å². The van der Waals surface area contributed by atoms with Crippen LogP contribution in [0.25, 0.3) is 0 Å². The molecule has 0 fully saturated rings. The minimum absolute atomic E-state index is 0.207. The van der Waals surface area contributed by atoms with Gasteiger partial charge in [0, 0.05) is 11.6 Å². The zero-order valence-corrected chi connectivity index (χ0v) is 11.2. The molecule has 0 radical (unpaired) electrons. The number of aryl methyl sites for hydroxylation is 1. The zero-order valence-electron chi connectivity index (χ0n) is 11.2. The second-order valence-electron chi connectivity index (χ2n) is 4.51. The maximum atomic E-state index is 11.9. The van der Waals surface area contributed by atoms with E-state index in [0.717, 1.165) is 10.8 Å². The van der Waals surface area contributed by atoms with Gasteiger partial charge in [0.1, 0.15) is 6.04 Å². The molecule has 0 spiro atoms. The minimum Gasteiger partial charge on any atom is -0.461 e. The Morgan fingerprint density at radius 3 is 2.47 bits per heavy atom. The van der Waals surface area contributed by atoms with Gasteiger partial charge in [0.25, 0.3) is 11.2 Å². The van der Waals surface area contributed by atoms with E-state index < -0.39 is 22.5 Å². The van der Waals surface area contributed by atoms with Gasteiger partial charge in [-0.25, -0.2) is 4.79 Å². The Balaban J connectivity index is 3.22. The summed E-state index contributed by atoms with van der Waals surface area (Å²) >= 11 is 0. The molecular weight excluding hydrogens is 252 g/mol. The van der Waals surface area contributed by atoms with E-state index in [1.54, 1.807) is 13.8 Å². The summed E-state index contributed by atoms with van der Waals surface area (Å²) in [4.78, 5) is 33.8. The molecule has 104 valence electrons. The normalized spacial score (nSPS) is 12.3. The van der Waals surface area contributed by atoms with Crippen molar-refractivity contribution in [3.8, 4) is 0 Å². The molecule has 1 unspecified atom stereocenters. The molecule has 0 aliphatic heterocycles. The number of nitrogens with zero attached hydrogens (tertiary/aromatic N) is 2. The third-order valence-corrected chi connectivity index (χ3v) is 2.53. The third-order valence-electron chi connectivity index (χ3n) is 2.53. The maximum Gasteiger partial charge on any atom is 0.329 e. The van der Waals surface area contributed by atoms with E-state index in [2.05, 4.69) is 0 Å². The summed E-state index contributed by atoms with van der Waals surface area (Å²) in [5, 5.41) is 10.8. The lowest BCUT2D eigenvalue weighted by Gasteiger charge is -2.16. The van der Waals surface area contributed by atoms with E-state index in [-0.39, 0.29) is 17.4 Å². The molecule has 1 aromatic rings. The van der Waals surface area contributed by atoms with Gasteiger partial charge in [0.2, 0.25) is 0 Å². The Morgan fingerprint density at radius 2 is 2.00 bits per heavy atom. The first-order chi connectivity index (χ1) is 8.73. The first kappa shape index (κ1) is 14.9. The SMILES string of the molecule is Cc1cc([N+](=O)[O-])cn(C(C)C(=O)OC(C)C)c1=O. The Bertz CT molecular complexity index is 562. The van der Waals surface area contributed by atoms with Gasteiger partial charge in [-0.3, -0.25) is 19.5 Å². The van der Waals surface area contributed by atoms with E-state index in [1.165, 1.54) is 19.9 Å². The van der Waals surface area contributed by atoms with Crippen LogP contribution in [0.15, 0.2) is 17.1 Å². The molecular formula is C12H16N2O5. The molecule has 1 rings (SSSR count). The molecule has 1 aromatic heterocycles. The van der Waals surface area contributed by atoms with Crippen LogP contribution in [0.3, 0.4) is 0 Å². The van der Waals surface area contributed by atoms with Gasteiger partial charge >= 0.3 is 5.97 Å². The second kappa shape index (κ2) is 5.64. The summed E-state index contributed by atoms with van der Waals surface area (Å²) in [5.74, 6) is -0.600. The number of aromatic nitrogens is 1. The minimum atomic E-state index is -0.909. The van der Waals surface area contributed by atoms with Crippen molar-refractivity contribution < 1.29 is 14.5 Å². The number of carbonyl (C=O) groups excluding carboxylic acids is 1. The Morgan fingerprint density at radius 1 is 1.42 bits per heavy atom. The summed E-state index contributed by atoms with van der Waals surface area (Å²) in [6.07, 6.45) is 0.743. The highest BCUT2D eigenvalue weighted by molar-refractivity contribution is 5.74. The monoisotopic (exact) mass is 268 g/mol. The lowest BCUT2D eigenvalue weighted by molar-refractivity contribution is -0.385. The van der Waals surface area contributed by atoms with Crippen molar-refractivity contribution in [2.24, 2.45) is 0 Å². The number of nitro groups is 1. The van der Waals surface area contributed by atoms with Gasteiger partial charge in [-0.05, 0) is 27.7 Å². The summed E-state index contributed by atoms with van der Waals surface area (Å²) in [5.41, 5.74) is -0.474. The van der Waals surface area contributed by atoms with Gasteiger partial charge in [0.05, 0.1) is 17.2 Å². The lowest BCUT2D eigenvalue weighted by Crippen LogP contribution is -2.31. The van der Waals surface area contributed by atoms with Gasteiger partial charge in [0.15, 0.2) is 0 Å². The van der Waals surface area contributed by atoms with Crippen LogP contribution in [-0.4, -0.2) is 21.6 Å². The van der Waals surface area contributed by atoms with Gasteiger partial charge in [-0.15, -0.1) is 0 Å². The number of esters is 1. The Hall–Kier alpha value is -2.18. The van der Waals surface area contributed by atoms with Crippen LogP contribution in [-0.2, 0) is 9.53 Å². The first-order valence-electron chi connectivity index (χ1n) is 5.81. The lowest BCUT2D eigenvalue weighted by atomic mass is 10.2. The quantitative estimate of drug-likeness (QED) is 0.469. The standard InChI is InChI=1S/C12H16N2O5/c1-7(2)19-12(16)9(4)13-6-10(14(17)18)5-8(3)11(13)15/h5-7,9H,1-4H3. The van der Waals surface area contributed by atoms with Gasteiger partial charge in [-0.2, -0.15) is 0 Å². The van der Waals surface area contributed by atoms with Crippen LogP contribution >= 0.6 is 0 Å². The van der Waals surface area contributed by atoms with Crippen LogP contribution in [0, 0.1) is 17.0 Å². The Kier molecular flexibility index (Phi) is 4.42. The average Bonchev–Trinajstić information content (AvgIpc) is 2.30. The summed E-state index contributed by atoms with van der Waals surface area (Å²) in [7, 11) is 0. The fraction of sp³-hybridized carbons (Fsp3) is 0.500. The third kappa shape index (κ3) is 3.40. The number of hydrogen-bond acceptors (Lipinski definition) is 5. The average molecular weight is 268 g/mol. The molecule has 0 bridgehead atoms. The first-order valence-corrected chi connectivity index (χ1v) is 5.81. The van der Waals surface area contributed by atoms with Crippen LogP contribution < -0.4 is 5.56 Å². The molecule has 0 saturated carbocycles. The van der Waals surface area contributed by atoms with Crippen molar-refractivity contribution in [3.05, 3.63) is 38.3 Å². The molecule has 1 atom stereocenters. The van der Waals surface area contributed by atoms with E-state index in [1.807, 2.05) is 0 Å². The van der Waals surface area contributed by atoms with Crippen molar-refractivity contribution in [1.82, 2.24) is 4.57 Å². The van der Waals surface area contributed by atoms with Crippen LogP contribution in [0.5, 0.6) is 0 Å². The predicted octanol–water partition coefficient (Wildman–Crippen LogP) is 1.58. The summed E-state index contributed by atoms with van der Waals surface area (Å²) < 4.78 is 6.02. The second-order valence-corrected chi connectivity index (χ2v) is 4.51. The topological polar surface area (TPSA) is 91.4 Å². The largest absolute Gasteiger partial charge is 0.461 e. The van der Waals surface area contributed by atoms with Crippen molar-refractivity contribution in [2.45, 2.75) is 39.8 Å². The van der Waals surface area contributed by atoms with E-state index >= 15 is 0 Å². The van der Waals surface area contributed by atoms with Crippen LogP contribution in [0.1, 0.15) is 32.4 Å². The molecule has 7 heteroatoms. The number of pyridine rings is 1. The molecule has 0 saturated heterocycles. The molecule has 0 aliphatic rings. The smallest absolute Gasteiger partial charge is 0.329 e. The number of hydrogen-bond donors (Lipinski definition) is 0. The highest BCUT2D eigenvalue weighted by Crippen LogP contribution is 2.14. The number of carbonyl (C=O) groups is 1. The summed E-state index contributed by atoms with van der Waals surface area (Å²) in [6, 6.07) is 0.271. The molecule has 1 heterocycles. The van der Waals surface area contributed by atoms with Crippen molar-refractivity contribution in [3.63, 3.8) is 0 Å². The molecule has 0 amide bonds. The molecule has 7 nitrogen and oxygen atoms in total. The fourth-order valence-corrected chi connectivity index (χ4v) is 1.56. The molecule has 0 N–H and O–H groups in total. The highest BCUT2D eigenvalue weighted by atomic mass is 16.6. The molecule has 0 aliphatic carbocycles. The fourth-order valence-electron chi connectivity index (χ4n) is 1.56. The van der Waals surface area contributed by atoms with Crippen LogP contribution in [0.2, 0.25) is 0 Å². The van der Waals surface area contributed by atoms with Crippen LogP contribution in [0.4, 0.5) is 5.69 Å². The summed E-state index contributed by atoms with van der Waals surface area (Å²) in [6.45, 7) is 6.31. The van der Waals surface area contributed by atoms with Crippen molar-refractivity contribution in [1.29, 1.82) is 0 Å². The Labute approximate surface area is 110 Å². The predicted molar refractivity (Wildman–Crippen MR) is 68.0 cm³/mol. The highest BCUT2D eigenvalue weighted by Gasteiger charge is 2.22. The number of ether oxygens (including phenoxy) is 1. The van der Waals surface area contributed by atoms with Crippen molar-refractivity contribution in [2.75, 3.05) is 0 Å². The van der Waals surface area contributed by atoms with E-state index in [0.29, 0.717) is 0 Å². The van der Waals surface area contributed by atoms with Crippen molar-refractivity contribution >= 4 is 11.7 Å². The van der Waals surface area contributed by atoms with E-state index in [9.17, 15) is 19.7 Å². The molecule has 0 aromatic carbocycles. The van der Waals surface area contributed by atoms with Gasteiger partial charge in [-0.1, -0.05) is 0 Å². The number of rotatable bonds is 4. The molecule has 19 heavy (non-hydrogen) atoms. The zero-order chi connectivity index (χ0) is 14.7. The van der Waals surface area contributed by atoms with E-state index in [4.69, 9.17) is 4.74 Å². The maximum absolute atomic E-state index is 11.9.